The molecule has 1 saturated heterocycles. The lowest BCUT2D eigenvalue weighted by atomic mass is 10.1. The monoisotopic (exact) mass is 308 g/mol. The molecule has 1 aromatic carbocycles. The van der Waals surface area contributed by atoms with E-state index in [4.69, 9.17) is 14.6 Å². The van der Waals surface area contributed by atoms with Crippen molar-refractivity contribution in [3.8, 4) is 11.5 Å². The number of carboxylic acids is 1. The Hall–Kier alpha value is -2.28. The number of methoxy groups -OCH3 is 2. The number of hydrogen-bond donors (Lipinski definition) is 1. The van der Waals surface area contributed by atoms with Gasteiger partial charge in [-0.15, -0.1) is 0 Å². The molecular weight excluding hydrogens is 288 g/mol. The normalized spacial score (nSPS) is 19.1. The lowest BCUT2D eigenvalue weighted by Gasteiger charge is -2.37. The van der Waals surface area contributed by atoms with Crippen LogP contribution in [0.5, 0.6) is 11.5 Å². The van der Waals surface area contributed by atoms with Crippen LogP contribution in [0, 0.1) is 0 Å². The molecule has 0 saturated carbocycles. The lowest BCUT2D eigenvalue weighted by Crippen LogP contribution is -2.54. The number of carbonyl (C=O) groups is 2. The summed E-state index contributed by atoms with van der Waals surface area (Å²) in [5.41, 5.74) is 0.896. The van der Waals surface area contributed by atoms with Crippen LogP contribution in [0.3, 0.4) is 0 Å². The van der Waals surface area contributed by atoms with Crippen LogP contribution in [0.25, 0.3) is 0 Å². The molecule has 120 valence electrons. The summed E-state index contributed by atoms with van der Waals surface area (Å²) in [7, 11) is 4.82. The van der Waals surface area contributed by atoms with Crippen molar-refractivity contribution in [2.75, 3.05) is 27.9 Å². The molecule has 1 amide bonds. The third kappa shape index (κ3) is 3.30. The molecule has 1 N–H and O–H groups in total. The summed E-state index contributed by atoms with van der Waals surface area (Å²) in [5, 5.41) is 9.09. The molecule has 7 heteroatoms. The molecule has 2 rings (SSSR count). The minimum absolute atomic E-state index is 0.0148. The van der Waals surface area contributed by atoms with Crippen molar-refractivity contribution in [2.45, 2.75) is 19.0 Å². The fraction of sp³-hybridized carbons (Fsp3) is 0.467. The van der Waals surface area contributed by atoms with Crippen molar-refractivity contribution in [2.24, 2.45) is 0 Å². The molecule has 1 atom stereocenters. The van der Waals surface area contributed by atoms with Gasteiger partial charge in [-0.2, -0.15) is 0 Å². The van der Waals surface area contributed by atoms with Crippen LogP contribution in [0.4, 0.5) is 0 Å². The maximum atomic E-state index is 12.1. The van der Waals surface area contributed by atoms with E-state index in [0.717, 1.165) is 5.56 Å². The summed E-state index contributed by atoms with van der Waals surface area (Å²) in [4.78, 5) is 26.5. The zero-order valence-electron chi connectivity index (χ0n) is 12.9. The number of rotatable bonds is 5. The Labute approximate surface area is 129 Å². The molecule has 22 heavy (non-hydrogen) atoms. The van der Waals surface area contributed by atoms with Crippen LogP contribution < -0.4 is 9.47 Å². The van der Waals surface area contributed by atoms with Gasteiger partial charge in [0.15, 0.2) is 11.5 Å². The van der Waals surface area contributed by atoms with Gasteiger partial charge in [-0.3, -0.25) is 14.5 Å². The van der Waals surface area contributed by atoms with Gasteiger partial charge in [0.05, 0.1) is 27.3 Å². The van der Waals surface area contributed by atoms with Crippen LogP contribution in [0.1, 0.15) is 12.0 Å². The lowest BCUT2D eigenvalue weighted by molar-refractivity contribution is -0.154. The average Bonchev–Trinajstić information content (AvgIpc) is 2.50. The van der Waals surface area contributed by atoms with Crippen molar-refractivity contribution in [3.05, 3.63) is 23.8 Å². The number of aliphatic carboxylic acids is 1. The summed E-state index contributed by atoms with van der Waals surface area (Å²) in [6, 6.07) is 4.70. The molecule has 1 fully saturated rings. The second-order valence-corrected chi connectivity index (χ2v) is 5.24. The standard InChI is InChI=1S/C15H20N2O5/c1-16-9-17(14(18)7-11(16)15(19)20)8-10-4-5-12(21-2)13(6-10)22-3/h4-6,11H,7-9H2,1-3H3,(H,19,20)/t11-/m1/s1. The second-order valence-electron chi connectivity index (χ2n) is 5.24. The Balaban J connectivity index is 2.11. The van der Waals surface area contributed by atoms with Gasteiger partial charge in [0.25, 0.3) is 0 Å². The molecule has 7 nitrogen and oxygen atoms in total. The third-order valence-corrected chi connectivity index (χ3v) is 3.75. The molecule has 1 aliphatic heterocycles. The highest BCUT2D eigenvalue weighted by Crippen LogP contribution is 2.28. The van der Waals surface area contributed by atoms with Crippen LogP contribution in [-0.2, 0) is 16.1 Å². The van der Waals surface area contributed by atoms with Crippen LogP contribution in [-0.4, -0.2) is 60.8 Å². The summed E-state index contributed by atoms with van der Waals surface area (Å²) in [5.74, 6) is 0.0856. The maximum absolute atomic E-state index is 12.1. The minimum Gasteiger partial charge on any atom is -0.493 e. The number of ether oxygens (including phenoxy) is 2. The maximum Gasteiger partial charge on any atom is 0.321 e. The number of hydrogen-bond acceptors (Lipinski definition) is 5. The van der Waals surface area contributed by atoms with E-state index < -0.39 is 12.0 Å². The van der Waals surface area contributed by atoms with Gasteiger partial charge < -0.3 is 19.5 Å². The number of carboxylic acid groups (broad SMARTS) is 1. The van der Waals surface area contributed by atoms with E-state index in [0.29, 0.717) is 18.0 Å². The topological polar surface area (TPSA) is 79.3 Å². The second kappa shape index (κ2) is 6.65. The van der Waals surface area contributed by atoms with Crippen LogP contribution >= 0.6 is 0 Å². The zero-order valence-corrected chi connectivity index (χ0v) is 12.9. The first-order valence-electron chi connectivity index (χ1n) is 6.88. The SMILES string of the molecule is COc1ccc(CN2CN(C)[C@@H](C(=O)O)CC2=O)cc1OC. The zero-order chi connectivity index (χ0) is 16.3. The van der Waals surface area contributed by atoms with Gasteiger partial charge in [0.2, 0.25) is 5.91 Å². The Morgan fingerprint density at radius 1 is 1.32 bits per heavy atom. The van der Waals surface area contributed by atoms with Gasteiger partial charge >= 0.3 is 5.97 Å². The van der Waals surface area contributed by atoms with Gasteiger partial charge in [-0.05, 0) is 24.7 Å². The van der Waals surface area contributed by atoms with E-state index in [1.54, 1.807) is 37.1 Å². The molecule has 0 unspecified atom stereocenters. The highest BCUT2D eigenvalue weighted by Gasteiger charge is 2.34. The number of benzene rings is 1. The van der Waals surface area contributed by atoms with Crippen molar-refractivity contribution < 1.29 is 24.2 Å². The Morgan fingerprint density at radius 2 is 2.00 bits per heavy atom. The molecule has 0 aliphatic carbocycles. The van der Waals surface area contributed by atoms with Gasteiger partial charge in [-0.25, -0.2) is 0 Å². The number of carbonyl (C=O) groups excluding carboxylic acids is 1. The fourth-order valence-corrected chi connectivity index (χ4v) is 2.51. The minimum atomic E-state index is -0.971. The van der Waals surface area contributed by atoms with Crippen molar-refractivity contribution in [1.82, 2.24) is 9.80 Å². The molecule has 1 heterocycles. The highest BCUT2D eigenvalue weighted by atomic mass is 16.5. The van der Waals surface area contributed by atoms with Crippen LogP contribution in [0.2, 0.25) is 0 Å². The molecule has 1 aromatic rings. The van der Waals surface area contributed by atoms with Crippen molar-refractivity contribution in [1.29, 1.82) is 0 Å². The molecule has 0 radical (unpaired) electrons. The molecule has 0 aromatic heterocycles. The summed E-state index contributed by atoms with van der Waals surface area (Å²) < 4.78 is 10.4. The van der Waals surface area contributed by atoms with E-state index in [1.165, 1.54) is 0 Å². The molecule has 0 spiro atoms. The first-order valence-corrected chi connectivity index (χ1v) is 6.88. The summed E-state index contributed by atoms with van der Waals surface area (Å²) in [6.45, 7) is 0.681. The molecular formula is C15H20N2O5. The van der Waals surface area contributed by atoms with Crippen LogP contribution in [0.15, 0.2) is 18.2 Å². The first kappa shape index (κ1) is 16.1. The summed E-state index contributed by atoms with van der Waals surface area (Å²) >= 11 is 0. The highest BCUT2D eigenvalue weighted by molar-refractivity contribution is 5.85. The quantitative estimate of drug-likeness (QED) is 0.866. The van der Waals surface area contributed by atoms with E-state index >= 15 is 0 Å². The predicted octanol–water partition coefficient (Wildman–Crippen LogP) is 0.779. The fourth-order valence-electron chi connectivity index (χ4n) is 2.51. The smallest absolute Gasteiger partial charge is 0.321 e. The number of nitrogens with zero attached hydrogens (tertiary/aromatic N) is 2. The van der Waals surface area contributed by atoms with Crippen molar-refractivity contribution in [3.63, 3.8) is 0 Å². The van der Waals surface area contributed by atoms with E-state index in [9.17, 15) is 9.59 Å². The Kier molecular flexibility index (Phi) is 4.87. The number of amides is 1. The van der Waals surface area contributed by atoms with E-state index in [2.05, 4.69) is 0 Å². The third-order valence-electron chi connectivity index (χ3n) is 3.75. The Bertz CT molecular complexity index is 575. The van der Waals surface area contributed by atoms with E-state index in [1.807, 2.05) is 12.1 Å². The van der Waals surface area contributed by atoms with Gasteiger partial charge in [0.1, 0.15) is 6.04 Å². The van der Waals surface area contributed by atoms with Gasteiger partial charge in [0, 0.05) is 6.54 Å². The summed E-state index contributed by atoms with van der Waals surface area (Å²) in [6.07, 6.45) is -0.0148. The molecule has 0 bridgehead atoms. The first-order chi connectivity index (χ1) is 10.5. The Morgan fingerprint density at radius 3 is 2.59 bits per heavy atom. The van der Waals surface area contributed by atoms with E-state index in [-0.39, 0.29) is 19.0 Å². The largest absolute Gasteiger partial charge is 0.493 e. The number of likely N-dealkylation sites (N-methyl/N-ethyl adjacent to an activating group) is 1. The van der Waals surface area contributed by atoms with Crippen molar-refractivity contribution >= 4 is 11.9 Å². The average molecular weight is 308 g/mol. The van der Waals surface area contributed by atoms with Gasteiger partial charge in [-0.1, -0.05) is 6.07 Å². The predicted molar refractivity (Wildman–Crippen MR) is 78.8 cm³/mol. The molecule has 1 aliphatic rings.